The number of rotatable bonds is 3. The van der Waals surface area contributed by atoms with Crippen LogP contribution in [-0.4, -0.2) is 58.7 Å². The van der Waals surface area contributed by atoms with Gasteiger partial charge in [-0.3, -0.25) is 4.98 Å². The van der Waals surface area contributed by atoms with Crippen molar-refractivity contribution in [3.8, 4) is 0 Å². The van der Waals surface area contributed by atoms with Crippen molar-refractivity contribution in [1.29, 1.82) is 0 Å². The molecule has 7 heteroatoms. The molecule has 2 aliphatic heterocycles. The molecule has 1 aromatic heterocycles. The second-order valence-corrected chi connectivity index (χ2v) is 6.10. The molecule has 7 nitrogen and oxygen atoms in total. The smallest absolute Gasteiger partial charge is 0.326 e. The van der Waals surface area contributed by atoms with Crippen LogP contribution in [0.4, 0.5) is 10.5 Å². The Morgan fingerprint density at radius 2 is 1.87 bits per heavy atom. The fraction of sp³-hybridized carbons (Fsp3) is 0.562. The molecule has 0 aromatic carbocycles. The van der Waals surface area contributed by atoms with Gasteiger partial charge in [-0.1, -0.05) is 0 Å². The van der Waals surface area contributed by atoms with Crippen LogP contribution in [0.2, 0.25) is 0 Å². The fourth-order valence-corrected chi connectivity index (χ4v) is 3.40. The lowest BCUT2D eigenvalue weighted by Crippen LogP contribution is -2.52. The number of urea groups is 1. The van der Waals surface area contributed by atoms with E-state index in [9.17, 15) is 9.59 Å². The van der Waals surface area contributed by atoms with E-state index in [0.29, 0.717) is 13.0 Å². The summed E-state index contributed by atoms with van der Waals surface area (Å²) < 4.78 is 0. The Balaban J connectivity index is 1.59. The molecule has 3 heterocycles. The van der Waals surface area contributed by atoms with Gasteiger partial charge in [0, 0.05) is 43.8 Å². The number of aromatic nitrogens is 1. The monoisotopic (exact) mass is 318 g/mol. The number of carboxylic acids is 1. The average Bonchev–Trinajstić information content (AvgIpc) is 2.78. The van der Waals surface area contributed by atoms with Gasteiger partial charge in [0.15, 0.2) is 0 Å². The summed E-state index contributed by atoms with van der Waals surface area (Å²) in [5.74, 6) is -0.951. The summed E-state index contributed by atoms with van der Waals surface area (Å²) in [6.07, 6.45) is 6.58. The highest BCUT2D eigenvalue weighted by Crippen LogP contribution is 2.23. The van der Waals surface area contributed by atoms with Gasteiger partial charge in [-0.2, -0.15) is 0 Å². The van der Waals surface area contributed by atoms with E-state index < -0.39 is 12.0 Å². The number of piperidine rings is 1. The highest BCUT2D eigenvalue weighted by atomic mass is 16.4. The molecule has 2 fully saturated rings. The van der Waals surface area contributed by atoms with E-state index in [1.165, 1.54) is 0 Å². The Labute approximate surface area is 135 Å². The second kappa shape index (κ2) is 6.85. The van der Waals surface area contributed by atoms with Gasteiger partial charge in [-0.25, -0.2) is 9.59 Å². The van der Waals surface area contributed by atoms with Crippen LogP contribution in [0.3, 0.4) is 0 Å². The van der Waals surface area contributed by atoms with Crippen LogP contribution in [0, 0.1) is 0 Å². The predicted octanol–water partition coefficient (Wildman–Crippen LogP) is 1.31. The Kier molecular flexibility index (Phi) is 4.64. The molecule has 0 saturated carbocycles. The lowest BCUT2D eigenvalue weighted by molar-refractivity contribution is -0.139. The van der Waals surface area contributed by atoms with Crippen molar-refractivity contribution in [2.75, 3.05) is 24.5 Å². The Morgan fingerprint density at radius 3 is 2.52 bits per heavy atom. The lowest BCUT2D eigenvalue weighted by atomic mass is 10.0. The first-order valence-corrected chi connectivity index (χ1v) is 8.10. The van der Waals surface area contributed by atoms with Crippen LogP contribution in [-0.2, 0) is 4.79 Å². The van der Waals surface area contributed by atoms with Gasteiger partial charge in [-0.05, 0) is 37.8 Å². The van der Waals surface area contributed by atoms with Gasteiger partial charge >= 0.3 is 12.0 Å². The first-order valence-electron chi connectivity index (χ1n) is 8.10. The lowest BCUT2D eigenvalue weighted by Gasteiger charge is -2.38. The molecule has 2 amide bonds. The third kappa shape index (κ3) is 3.55. The maximum absolute atomic E-state index is 12.3. The Bertz CT molecular complexity index is 558. The number of amides is 2. The average molecular weight is 318 g/mol. The molecule has 0 bridgehead atoms. The summed E-state index contributed by atoms with van der Waals surface area (Å²) in [7, 11) is 0. The van der Waals surface area contributed by atoms with E-state index in [1.54, 1.807) is 12.4 Å². The second-order valence-electron chi connectivity index (χ2n) is 6.10. The maximum atomic E-state index is 12.3. The molecule has 0 aliphatic carbocycles. The maximum Gasteiger partial charge on any atom is 0.326 e. The van der Waals surface area contributed by atoms with Crippen LogP contribution < -0.4 is 10.2 Å². The number of carboxylic acid groups (broad SMARTS) is 1. The molecule has 3 rings (SSSR count). The van der Waals surface area contributed by atoms with Crippen molar-refractivity contribution >= 4 is 17.7 Å². The molecule has 1 unspecified atom stereocenters. The van der Waals surface area contributed by atoms with Gasteiger partial charge in [0.05, 0.1) is 0 Å². The summed E-state index contributed by atoms with van der Waals surface area (Å²) in [4.78, 5) is 31.6. The molecular weight excluding hydrogens is 296 g/mol. The minimum atomic E-state index is -0.951. The number of nitrogens with one attached hydrogen (secondary N) is 1. The van der Waals surface area contributed by atoms with Gasteiger partial charge in [0.25, 0.3) is 0 Å². The summed E-state index contributed by atoms with van der Waals surface area (Å²) in [6.45, 7) is 2.41. The number of aliphatic carboxylic acids is 1. The van der Waals surface area contributed by atoms with Gasteiger partial charge in [0.2, 0.25) is 0 Å². The normalized spacial score (nSPS) is 23.3. The molecule has 0 spiro atoms. The van der Waals surface area contributed by atoms with Crippen molar-refractivity contribution in [2.24, 2.45) is 0 Å². The Morgan fingerprint density at radius 1 is 1.17 bits per heavy atom. The van der Waals surface area contributed by atoms with E-state index >= 15 is 0 Å². The standard InChI is InChI=1S/C16H22N4O3/c21-15(22)14-2-1-9-20(16(23)18-14)13-5-10-19(11-6-13)12-3-7-17-8-4-12/h3-4,7-8,13-14H,1-2,5-6,9-11H2,(H,18,23)(H,21,22). The van der Waals surface area contributed by atoms with Crippen molar-refractivity contribution in [1.82, 2.24) is 15.2 Å². The molecule has 2 aliphatic rings. The van der Waals surface area contributed by atoms with Crippen molar-refractivity contribution in [3.05, 3.63) is 24.5 Å². The predicted molar refractivity (Wildman–Crippen MR) is 85.4 cm³/mol. The third-order valence-electron chi connectivity index (χ3n) is 4.68. The first-order chi connectivity index (χ1) is 11.1. The number of pyridine rings is 1. The summed E-state index contributed by atoms with van der Waals surface area (Å²) in [5, 5.41) is 11.7. The summed E-state index contributed by atoms with van der Waals surface area (Å²) in [5.41, 5.74) is 1.16. The SMILES string of the molecule is O=C(O)C1CCCN(C2CCN(c3ccncc3)CC2)C(=O)N1. The molecule has 124 valence electrons. The molecule has 2 N–H and O–H groups in total. The minimum Gasteiger partial charge on any atom is -0.480 e. The largest absolute Gasteiger partial charge is 0.480 e. The van der Waals surface area contributed by atoms with Crippen LogP contribution in [0.1, 0.15) is 25.7 Å². The molecule has 0 radical (unpaired) electrons. The fourth-order valence-electron chi connectivity index (χ4n) is 3.40. The summed E-state index contributed by atoms with van der Waals surface area (Å²) in [6, 6.07) is 3.18. The van der Waals surface area contributed by atoms with Crippen molar-refractivity contribution in [2.45, 2.75) is 37.8 Å². The highest BCUT2D eigenvalue weighted by molar-refractivity contribution is 5.83. The minimum absolute atomic E-state index is 0.181. The number of hydrogen-bond acceptors (Lipinski definition) is 4. The Hall–Kier alpha value is -2.31. The number of hydrogen-bond donors (Lipinski definition) is 2. The topological polar surface area (TPSA) is 85.8 Å². The molecule has 1 aromatic rings. The zero-order valence-electron chi connectivity index (χ0n) is 13.0. The quantitative estimate of drug-likeness (QED) is 0.877. The highest BCUT2D eigenvalue weighted by Gasteiger charge is 2.32. The van der Waals surface area contributed by atoms with Crippen LogP contribution in [0.25, 0.3) is 0 Å². The number of anilines is 1. The molecule has 1 atom stereocenters. The van der Waals surface area contributed by atoms with E-state index in [1.807, 2.05) is 17.0 Å². The van der Waals surface area contributed by atoms with Crippen LogP contribution >= 0.6 is 0 Å². The number of carbonyl (C=O) groups is 2. The van der Waals surface area contributed by atoms with E-state index in [4.69, 9.17) is 5.11 Å². The van der Waals surface area contributed by atoms with E-state index in [2.05, 4.69) is 15.2 Å². The molecule has 23 heavy (non-hydrogen) atoms. The molecule has 2 saturated heterocycles. The zero-order valence-corrected chi connectivity index (χ0v) is 13.0. The molecular formula is C16H22N4O3. The van der Waals surface area contributed by atoms with Crippen molar-refractivity contribution < 1.29 is 14.7 Å². The van der Waals surface area contributed by atoms with Crippen LogP contribution in [0.15, 0.2) is 24.5 Å². The summed E-state index contributed by atoms with van der Waals surface area (Å²) >= 11 is 0. The number of nitrogens with zero attached hydrogens (tertiary/aromatic N) is 3. The first kappa shape index (κ1) is 15.6. The van der Waals surface area contributed by atoms with Crippen molar-refractivity contribution in [3.63, 3.8) is 0 Å². The van der Waals surface area contributed by atoms with E-state index in [-0.39, 0.29) is 12.1 Å². The van der Waals surface area contributed by atoms with Gasteiger partial charge in [-0.15, -0.1) is 0 Å². The third-order valence-corrected chi connectivity index (χ3v) is 4.68. The van der Waals surface area contributed by atoms with Crippen LogP contribution in [0.5, 0.6) is 0 Å². The van der Waals surface area contributed by atoms with Gasteiger partial charge < -0.3 is 20.2 Å². The number of carbonyl (C=O) groups excluding carboxylic acids is 1. The zero-order chi connectivity index (χ0) is 16.2. The van der Waals surface area contributed by atoms with E-state index in [0.717, 1.165) is 38.0 Å². The van der Waals surface area contributed by atoms with Gasteiger partial charge in [0.1, 0.15) is 6.04 Å².